The van der Waals surface area contributed by atoms with Crippen LogP contribution in [0.3, 0.4) is 0 Å². The quantitative estimate of drug-likeness (QED) is 0.215. The molecule has 0 heterocycles. The lowest BCUT2D eigenvalue weighted by Gasteiger charge is -2.24. The summed E-state index contributed by atoms with van der Waals surface area (Å²) in [4.78, 5) is 25.4. The molecule has 0 atom stereocenters. The van der Waals surface area contributed by atoms with E-state index in [-0.39, 0.29) is 24.2 Å². The van der Waals surface area contributed by atoms with E-state index >= 15 is 0 Å². The standard InChI is InChI=1S/C21H22O4S/c1-4-24-20(22)19(21(23)25-5-2)18(16-12-8-9-13-16)17(14-26-3)15-10-6-7-11-15/h6-14H,4-5H2,1-3H3/b17-14+/i14D. The lowest BCUT2D eigenvalue weighted by Crippen LogP contribution is -2.24. The Labute approximate surface area is 163 Å². The molecule has 2 rings (SSSR count). The topological polar surface area (TPSA) is 52.6 Å². The van der Waals surface area contributed by atoms with Gasteiger partial charge >= 0.3 is 11.9 Å². The first-order valence-corrected chi connectivity index (χ1v) is 9.55. The molecule has 0 aromatic carbocycles. The van der Waals surface area contributed by atoms with Crippen LogP contribution in [0.5, 0.6) is 0 Å². The summed E-state index contributed by atoms with van der Waals surface area (Å²) in [5, 5.41) is 0.239. The van der Waals surface area contributed by atoms with E-state index in [0.29, 0.717) is 17.1 Å². The molecule has 136 valence electrons. The molecule has 0 spiro atoms. The molecule has 0 aromatic heterocycles. The van der Waals surface area contributed by atoms with Crippen molar-refractivity contribution in [1.82, 2.24) is 0 Å². The van der Waals surface area contributed by atoms with Gasteiger partial charge in [0.2, 0.25) is 0 Å². The third-order valence-electron chi connectivity index (χ3n) is 3.57. The van der Waals surface area contributed by atoms with E-state index in [2.05, 4.69) is 0 Å². The second-order valence-corrected chi connectivity index (χ2v) is 5.83. The molecule has 5 heteroatoms. The minimum atomic E-state index is -0.759. The Hall–Kier alpha value is -1.23. The predicted octanol–water partition coefficient (Wildman–Crippen LogP) is 3.47. The van der Waals surface area contributed by atoms with Crippen molar-refractivity contribution in [3.63, 3.8) is 0 Å². The van der Waals surface area contributed by atoms with Crippen molar-refractivity contribution >= 4 is 23.7 Å². The molecule has 4 nitrogen and oxygen atoms in total. The number of carbonyl (C=O) groups is 2. The van der Waals surface area contributed by atoms with Crippen LogP contribution >= 0.6 is 11.8 Å². The average Bonchev–Trinajstić information content (AvgIpc) is 3.35. The summed E-state index contributed by atoms with van der Waals surface area (Å²) in [6, 6.07) is 0. The number of rotatable bonds is 8. The Morgan fingerprint density at radius 3 is 1.85 bits per heavy atom. The molecule has 2 fully saturated rings. The van der Waals surface area contributed by atoms with Crippen LogP contribution in [0.15, 0.2) is 22.1 Å². The highest BCUT2D eigenvalue weighted by atomic mass is 32.2. The third-order valence-corrected chi connectivity index (χ3v) is 3.97. The zero-order valence-electron chi connectivity index (χ0n) is 16.1. The number of allylic oxidation sites excluding steroid dienone is 2. The van der Waals surface area contributed by atoms with E-state index < -0.39 is 11.9 Å². The SMILES string of the molecule is [2H]/C(SC)=C(/[C]1[CH][CH][CH][CH]1)C([C]1[CH][CH][CH][CH]1)=C(C(=O)OCC)C(=O)OCC. The first-order chi connectivity index (χ1) is 13.0. The van der Waals surface area contributed by atoms with Gasteiger partial charge in [-0.05, 0) is 88.0 Å². The fourth-order valence-electron chi connectivity index (χ4n) is 2.55. The van der Waals surface area contributed by atoms with Crippen LogP contribution in [0.4, 0.5) is 0 Å². The van der Waals surface area contributed by atoms with Crippen LogP contribution in [0.25, 0.3) is 0 Å². The number of hydrogen-bond acceptors (Lipinski definition) is 5. The van der Waals surface area contributed by atoms with E-state index in [1.54, 1.807) is 32.9 Å². The highest BCUT2D eigenvalue weighted by molar-refractivity contribution is 8.01. The van der Waals surface area contributed by atoms with Gasteiger partial charge in [-0.2, -0.15) is 0 Å². The fourth-order valence-corrected chi connectivity index (χ4v) is 2.97. The number of thioether (sulfide) groups is 1. The van der Waals surface area contributed by atoms with Gasteiger partial charge in [-0.3, -0.25) is 0 Å². The van der Waals surface area contributed by atoms with E-state index in [1.165, 1.54) is 11.8 Å². The molecular formula is C21H22O4S. The van der Waals surface area contributed by atoms with Crippen LogP contribution in [-0.2, 0) is 19.1 Å². The third kappa shape index (κ3) is 5.15. The molecule has 0 N–H and O–H groups in total. The molecule has 0 aliphatic heterocycles. The summed E-state index contributed by atoms with van der Waals surface area (Å²) >= 11 is 1.23. The zero-order valence-corrected chi connectivity index (χ0v) is 15.9. The van der Waals surface area contributed by atoms with Gasteiger partial charge in [-0.15, -0.1) is 11.8 Å². The maximum absolute atomic E-state index is 12.7. The summed E-state index contributed by atoms with van der Waals surface area (Å²) in [5.74, 6) is -0.118. The Kier molecular flexibility index (Phi) is 8.12. The van der Waals surface area contributed by atoms with Gasteiger partial charge in [0.05, 0.1) is 14.6 Å². The summed E-state index contributed by atoms with van der Waals surface area (Å²) in [6.07, 6.45) is 16.4. The van der Waals surface area contributed by atoms with Crippen molar-refractivity contribution in [3.05, 3.63) is 85.3 Å². The van der Waals surface area contributed by atoms with Crippen LogP contribution in [0.2, 0.25) is 0 Å². The van der Waals surface area contributed by atoms with Crippen molar-refractivity contribution in [1.29, 1.82) is 0 Å². The van der Waals surface area contributed by atoms with E-state index in [1.807, 2.05) is 38.5 Å². The number of carbonyl (C=O) groups excluding carboxylic acids is 2. The minimum absolute atomic E-state index is 0.127. The van der Waals surface area contributed by atoms with Crippen LogP contribution in [-0.4, -0.2) is 31.4 Å². The van der Waals surface area contributed by atoms with Crippen molar-refractivity contribution < 1.29 is 20.4 Å². The smallest absolute Gasteiger partial charge is 0.345 e. The van der Waals surface area contributed by atoms with Crippen molar-refractivity contribution in [3.8, 4) is 0 Å². The van der Waals surface area contributed by atoms with Gasteiger partial charge in [0, 0.05) is 11.8 Å². The van der Waals surface area contributed by atoms with Gasteiger partial charge in [0.15, 0.2) is 0 Å². The van der Waals surface area contributed by atoms with Gasteiger partial charge < -0.3 is 9.47 Å². The van der Waals surface area contributed by atoms with Crippen molar-refractivity contribution in [2.24, 2.45) is 0 Å². The molecule has 2 aliphatic rings. The molecule has 0 aromatic rings. The summed E-state index contributed by atoms with van der Waals surface area (Å²) < 4.78 is 18.8. The fraction of sp³-hybridized carbons (Fsp3) is 0.238. The average molecular weight is 371 g/mol. The summed E-state index contributed by atoms with van der Waals surface area (Å²) in [7, 11) is 0. The molecule has 10 radical (unpaired) electrons. The normalized spacial score (nSPS) is 19.7. The Bertz CT molecular complexity index is 579. The second-order valence-electron chi connectivity index (χ2n) is 5.22. The number of ether oxygens (including phenoxy) is 2. The van der Waals surface area contributed by atoms with E-state index in [9.17, 15) is 9.59 Å². The Morgan fingerprint density at radius 1 is 0.962 bits per heavy atom. The monoisotopic (exact) mass is 371 g/mol. The van der Waals surface area contributed by atoms with Crippen molar-refractivity contribution in [2.75, 3.05) is 19.5 Å². The Balaban J connectivity index is 2.68. The molecular weight excluding hydrogens is 348 g/mol. The molecule has 0 bridgehead atoms. The first-order valence-electron chi connectivity index (χ1n) is 8.83. The van der Waals surface area contributed by atoms with Gasteiger partial charge in [-0.25, -0.2) is 9.59 Å². The van der Waals surface area contributed by atoms with Crippen molar-refractivity contribution in [2.45, 2.75) is 13.8 Å². The molecule has 26 heavy (non-hydrogen) atoms. The summed E-state index contributed by atoms with van der Waals surface area (Å²) in [6.45, 7) is 3.60. The molecule has 0 unspecified atom stereocenters. The maximum Gasteiger partial charge on any atom is 0.345 e. The maximum atomic E-state index is 12.7. The first kappa shape index (κ1) is 19.5. The van der Waals surface area contributed by atoms with E-state index in [0.717, 1.165) is 5.92 Å². The molecule has 2 saturated carbocycles. The Morgan fingerprint density at radius 2 is 1.42 bits per heavy atom. The summed E-state index contributed by atoms with van der Waals surface area (Å²) in [5.41, 5.74) is 0.650. The van der Waals surface area contributed by atoms with E-state index in [4.69, 9.17) is 10.8 Å². The molecule has 0 amide bonds. The van der Waals surface area contributed by atoms with Crippen LogP contribution in [0, 0.1) is 63.2 Å². The minimum Gasteiger partial charge on any atom is -0.462 e. The highest BCUT2D eigenvalue weighted by Crippen LogP contribution is 2.44. The second kappa shape index (κ2) is 10.8. The predicted molar refractivity (Wildman–Crippen MR) is 103 cm³/mol. The van der Waals surface area contributed by atoms with Gasteiger partial charge in [-0.1, -0.05) is 0 Å². The molecule has 0 saturated heterocycles. The van der Waals surface area contributed by atoms with Gasteiger partial charge in [0.1, 0.15) is 5.57 Å². The lowest BCUT2D eigenvalue weighted by molar-refractivity contribution is -0.146. The number of esters is 2. The van der Waals surface area contributed by atoms with Crippen LogP contribution in [0.1, 0.15) is 15.2 Å². The van der Waals surface area contributed by atoms with Gasteiger partial charge in [0.25, 0.3) is 0 Å². The largest absolute Gasteiger partial charge is 0.462 e. The lowest BCUT2D eigenvalue weighted by atomic mass is 9.81. The molecule has 2 aliphatic carbocycles. The highest BCUT2D eigenvalue weighted by Gasteiger charge is 2.37. The van der Waals surface area contributed by atoms with Crippen LogP contribution < -0.4 is 0 Å². The zero-order chi connectivity index (χ0) is 19.8. The number of hydrogen-bond donors (Lipinski definition) is 0.